The highest BCUT2D eigenvalue weighted by Gasteiger charge is 3.01. The van der Waals surface area contributed by atoms with Gasteiger partial charge in [0.2, 0.25) is 35.8 Å². The number of nitrogens with zero attached hydrogens (tertiary/aromatic N) is 4. The van der Waals surface area contributed by atoms with Gasteiger partial charge in [0.15, 0.2) is 6.10 Å². The molecule has 0 radical (unpaired) electrons. The summed E-state index contributed by atoms with van der Waals surface area (Å²) in [5, 5.41) is 55.1. The van der Waals surface area contributed by atoms with E-state index in [1.807, 2.05) is 36.4 Å². The van der Waals surface area contributed by atoms with E-state index in [9.17, 15) is 54.0 Å². The van der Waals surface area contributed by atoms with Gasteiger partial charge in [-0.25, -0.2) is 19.2 Å². The van der Waals surface area contributed by atoms with Crippen LogP contribution in [-0.4, -0.2) is 271 Å². The van der Waals surface area contributed by atoms with Crippen LogP contribution in [0.3, 0.4) is 0 Å². The Morgan fingerprint density at radius 2 is 1.12 bits per heavy atom. The van der Waals surface area contributed by atoms with E-state index in [0.717, 1.165) is 16.5 Å². The van der Waals surface area contributed by atoms with Crippen LogP contribution in [-0.2, 0) is 73.3 Å². The molecule has 114 heavy (non-hydrogen) atoms. The van der Waals surface area contributed by atoms with E-state index in [0.29, 0.717) is 118 Å². The summed E-state index contributed by atoms with van der Waals surface area (Å²) in [4.78, 5) is 128. The van der Waals surface area contributed by atoms with Crippen molar-refractivity contribution in [1.82, 2.24) is 25.8 Å². The molecule has 3 saturated carbocycles. The maximum absolute atomic E-state index is 15.3. The summed E-state index contributed by atoms with van der Waals surface area (Å²) in [5.41, 5.74) is 11.8. The van der Waals surface area contributed by atoms with Crippen molar-refractivity contribution in [3.05, 3.63) is 102 Å². The molecule has 35 heteroatoms. The zero-order chi connectivity index (χ0) is 81.6. The van der Waals surface area contributed by atoms with Gasteiger partial charge in [0.05, 0.1) is 101 Å². The summed E-state index contributed by atoms with van der Waals surface area (Å²) in [6.45, 7) is 8.85. The topological polar surface area (TPSA) is 440 Å². The van der Waals surface area contributed by atoms with E-state index in [2.05, 4.69) is 21.3 Å². The van der Waals surface area contributed by atoms with Crippen molar-refractivity contribution in [1.29, 1.82) is 0 Å². The van der Waals surface area contributed by atoms with E-state index in [1.165, 1.54) is 23.9 Å². The van der Waals surface area contributed by atoms with Crippen molar-refractivity contribution in [2.75, 3.05) is 160 Å². The maximum Gasteiger partial charge on any atom is 0.415 e. The van der Waals surface area contributed by atoms with Gasteiger partial charge in [-0.05, 0) is 77.6 Å². The first-order valence-corrected chi connectivity index (χ1v) is 39.4. The van der Waals surface area contributed by atoms with Crippen molar-refractivity contribution in [2.24, 2.45) is 33.6 Å². The van der Waals surface area contributed by atoms with Crippen LogP contribution in [0.15, 0.2) is 84.9 Å². The number of primary amides is 1. The fraction of sp³-hybridized carbons (Fsp3) is 0.557. The number of carbonyl (C=O) groups excluding carboxylic acids is 8. The minimum absolute atomic E-state index is 0.0177. The number of aliphatic hydroxyl groups is 3. The third-order valence-corrected chi connectivity index (χ3v) is 22.8. The smallest absolute Gasteiger partial charge is 0.415 e. The Morgan fingerprint density at radius 3 is 1.62 bits per heavy atom. The number of rotatable bonds is 43. The molecule has 4 fully saturated rings. The molecule has 3 heterocycles. The molecule has 12 N–H and O–H groups in total. The van der Waals surface area contributed by atoms with Crippen molar-refractivity contribution in [2.45, 2.75) is 114 Å². The van der Waals surface area contributed by atoms with E-state index >= 15 is 9.59 Å². The SMILES string of the molecule is CC(C)C(NC(=O)CCOCCOCCOCCOCCOCCOCCN)C(=O)NC(CCCNC(N)=O)C(=O)Nc1ccc(COC(=O)N(C)CCN(C)C(=O)Oc2cc3c(c4ccccc24)C(CCl)CN3C(=O)C23CC4(C(=O)N5CC(CCl)c6c5cc(OC5OC(C(=O)O)C(O)C(O)C5O)c5ccccc65)CC24C3)cc1. The van der Waals surface area contributed by atoms with Crippen molar-refractivity contribution in [3.8, 4) is 11.5 Å². The standard InChI is InChI=1S/C79H102Cl2N10O23/c1-46(2)63(87-60(92)19-24-105-26-28-107-30-32-109-34-35-110-33-31-108-29-27-106-25-20-82)69(97)86-55(14-9-21-84-74(83)102)68(96)85-50-17-15-47(16-18-50)42-111-75(103)88(3)22-23-89(4)76(104)113-59-37-57-62(54-13-8-6-11-52(54)59)49(39-81)41-91(57)73(101)78-43-77(44-79(77,78)45-78)72(100)90-40-48(38-80)61-53-12-7-5-10-51(53)58(36-56(61)90)112-71-66(95)64(93)65(94)67(114-71)70(98)99/h5-8,10-13,15-18,36-37,46,48-49,55,63-67,71,93-95H,9,14,19-35,38-45,82H2,1-4H3,(H,85,96)(H,86,97)(H,87,92)(H,98,99)(H3,83,84,102). The minimum Gasteiger partial charge on any atom is -0.479 e. The molecule has 3 aliphatic heterocycles. The first-order chi connectivity index (χ1) is 54.8. The second kappa shape index (κ2) is 38.8. The number of ether oxygens (including phenoxy) is 10. The number of hydrogen-bond donors (Lipinski definition) is 10. The molecule has 12 unspecified atom stereocenters. The van der Waals surface area contributed by atoms with Crippen LogP contribution in [0.4, 0.5) is 31.4 Å². The number of alkyl halides is 2. The third-order valence-electron chi connectivity index (χ3n) is 22.0. The number of aliphatic hydroxyl groups excluding tert-OH is 3. The zero-order valence-corrected chi connectivity index (χ0v) is 65.7. The number of carboxylic acids is 1. The number of benzene rings is 5. The summed E-state index contributed by atoms with van der Waals surface area (Å²) in [7, 11) is 3.03. The van der Waals surface area contributed by atoms with E-state index in [4.69, 9.17) is 82.0 Å². The number of carbonyl (C=O) groups is 9. The Kier molecular flexibility index (Phi) is 29.3. The molecule has 1 spiro atoms. The number of aliphatic carboxylic acids is 1. The largest absolute Gasteiger partial charge is 0.479 e. The molecule has 5 aromatic rings. The van der Waals surface area contributed by atoms with Crippen LogP contribution < -0.4 is 52.0 Å². The average Bonchev–Trinajstić information content (AvgIpc) is 1.39. The van der Waals surface area contributed by atoms with Crippen molar-refractivity contribution < 1.29 is 111 Å². The summed E-state index contributed by atoms with van der Waals surface area (Å²) in [5.74, 6) is -3.88. The summed E-state index contributed by atoms with van der Waals surface area (Å²) in [6, 6.07) is 21.4. The Bertz CT molecular complexity index is 4280. The fourth-order valence-corrected chi connectivity index (χ4v) is 16.4. The van der Waals surface area contributed by atoms with E-state index in [1.54, 1.807) is 72.2 Å². The van der Waals surface area contributed by atoms with Crippen molar-refractivity contribution >= 4 is 116 Å². The second-order valence-electron chi connectivity index (χ2n) is 29.8. The lowest BCUT2D eigenvalue weighted by molar-refractivity contribution is -0.270. The molecule has 0 bridgehead atoms. The highest BCUT2D eigenvalue weighted by molar-refractivity contribution is 6.20. The van der Waals surface area contributed by atoms with Gasteiger partial charge in [0, 0.05) is 117 Å². The maximum atomic E-state index is 15.3. The molecule has 5 aromatic carbocycles. The predicted molar refractivity (Wildman–Crippen MR) is 416 cm³/mol. The van der Waals surface area contributed by atoms with Gasteiger partial charge < -0.3 is 120 Å². The molecule has 33 nitrogen and oxygen atoms in total. The fourth-order valence-electron chi connectivity index (χ4n) is 15.9. The Hall–Kier alpha value is -8.81. The number of halogens is 2. The van der Waals surface area contributed by atoms with Crippen molar-refractivity contribution in [3.63, 3.8) is 0 Å². The van der Waals surface area contributed by atoms with E-state index < -0.39 is 101 Å². The lowest BCUT2D eigenvalue weighted by atomic mass is 9.72. The van der Waals surface area contributed by atoms with Gasteiger partial charge in [0.25, 0.3) is 0 Å². The number of amides is 9. The molecule has 12 atom stereocenters. The number of nitrogens with one attached hydrogen (secondary N) is 4. The Morgan fingerprint density at radius 1 is 0.623 bits per heavy atom. The first-order valence-electron chi connectivity index (χ1n) is 38.3. The molecule has 620 valence electrons. The summed E-state index contributed by atoms with van der Waals surface area (Å²) in [6.07, 6.45) is -9.26. The van der Waals surface area contributed by atoms with Gasteiger partial charge in [0.1, 0.15) is 48.5 Å². The molecule has 0 aromatic heterocycles. The van der Waals surface area contributed by atoms with Crippen LogP contribution >= 0.6 is 23.2 Å². The quantitative estimate of drug-likeness (QED) is 0.0188. The number of likely N-dealkylation sites (N-methyl/N-ethyl adjacent to an activating group) is 2. The lowest BCUT2D eigenvalue weighted by Gasteiger charge is -2.39. The number of carboxylic acid groups (broad SMARTS) is 1. The number of hydrogen-bond acceptors (Lipinski definition) is 23. The lowest BCUT2D eigenvalue weighted by Crippen LogP contribution is -2.61. The molecular formula is C79H102Cl2N10O23. The predicted octanol–water partition coefficient (Wildman–Crippen LogP) is 4.63. The summed E-state index contributed by atoms with van der Waals surface area (Å²) >= 11 is 13.4. The average molecular weight is 1630 g/mol. The number of fused-ring (bicyclic) bond motifs is 6. The molecule has 3 aliphatic carbocycles. The van der Waals surface area contributed by atoms with Crippen LogP contribution in [0.5, 0.6) is 11.5 Å². The van der Waals surface area contributed by atoms with Gasteiger partial charge in [-0.3, -0.25) is 24.0 Å². The molecule has 11 rings (SSSR count). The van der Waals surface area contributed by atoms with Gasteiger partial charge in [-0.1, -0.05) is 74.5 Å². The summed E-state index contributed by atoms with van der Waals surface area (Å²) < 4.78 is 56.2. The van der Waals surface area contributed by atoms with Crippen LogP contribution in [0, 0.1) is 22.2 Å². The zero-order valence-electron chi connectivity index (χ0n) is 64.2. The normalized spacial score (nSPS) is 23.3. The van der Waals surface area contributed by atoms with Gasteiger partial charge >= 0.3 is 24.2 Å². The third kappa shape index (κ3) is 19.2. The van der Waals surface area contributed by atoms with Gasteiger partial charge in [-0.2, -0.15) is 0 Å². The number of urea groups is 1. The number of anilines is 3. The first kappa shape index (κ1) is 86.1. The minimum atomic E-state index is -1.94. The molecular weight excluding hydrogens is 1530 g/mol. The molecule has 1 saturated heterocycles. The highest BCUT2D eigenvalue weighted by Crippen LogP contribution is 3.01. The second-order valence-corrected chi connectivity index (χ2v) is 30.4. The van der Waals surface area contributed by atoms with Crippen LogP contribution in [0.25, 0.3) is 21.5 Å². The molecule has 6 aliphatic rings. The number of nitrogens with two attached hydrogens (primary N) is 2. The molecule has 9 amide bonds. The highest BCUT2D eigenvalue weighted by atomic mass is 35.5. The Labute approximate surface area is 669 Å². The monoisotopic (exact) mass is 1630 g/mol. The van der Waals surface area contributed by atoms with E-state index in [-0.39, 0.29) is 138 Å². The van der Waals surface area contributed by atoms with Crippen LogP contribution in [0.1, 0.15) is 80.9 Å². The van der Waals surface area contributed by atoms with Crippen LogP contribution in [0.2, 0.25) is 0 Å². The van der Waals surface area contributed by atoms with Gasteiger partial charge in [-0.15, -0.1) is 23.2 Å². The Balaban J connectivity index is 0.636.